The molecule has 6 heteroatoms. The standard InChI is InChI=1S/C17H17F2NO3/c1-10-7-11(16(22)23-3)9-17(2,8-10)20-15(21)14-12(18)5-4-6-13(14)19/h4-6,8-9H,7H2,1-3H3,(H,20,21). The number of carbonyl (C=O) groups is 2. The predicted octanol–water partition coefficient (Wildman–Crippen LogP) is 2.90. The SMILES string of the molecule is COC(=O)C1=CC(C)(NC(=O)c2c(F)cccc2F)C=C(C)C1. The summed E-state index contributed by atoms with van der Waals surface area (Å²) < 4.78 is 32.1. The van der Waals surface area contributed by atoms with E-state index < -0.39 is 34.6 Å². The van der Waals surface area contributed by atoms with Crippen LogP contribution in [0.15, 0.2) is 41.5 Å². The molecular weight excluding hydrogens is 304 g/mol. The molecule has 23 heavy (non-hydrogen) atoms. The molecule has 0 aliphatic heterocycles. The molecule has 1 aromatic rings. The van der Waals surface area contributed by atoms with E-state index in [0.29, 0.717) is 12.0 Å². The molecule has 1 aliphatic rings. The molecule has 0 fully saturated rings. The van der Waals surface area contributed by atoms with Crippen LogP contribution >= 0.6 is 0 Å². The van der Waals surface area contributed by atoms with Crippen LogP contribution in [0.25, 0.3) is 0 Å². The van der Waals surface area contributed by atoms with E-state index in [9.17, 15) is 18.4 Å². The lowest BCUT2D eigenvalue weighted by atomic mass is 9.87. The summed E-state index contributed by atoms with van der Waals surface area (Å²) in [5.74, 6) is -3.29. The Labute approximate surface area is 132 Å². The summed E-state index contributed by atoms with van der Waals surface area (Å²) in [6, 6.07) is 3.21. The Bertz CT molecular complexity index is 704. The van der Waals surface area contributed by atoms with Crippen LogP contribution in [0, 0.1) is 11.6 Å². The molecule has 1 amide bonds. The van der Waals surface area contributed by atoms with Gasteiger partial charge in [0, 0.05) is 12.0 Å². The molecule has 2 rings (SSSR count). The van der Waals surface area contributed by atoms with Crippen molar-refractivity contribution in [3.8, 4) is 0 Å². The first-order valence-corrected chi connectivity index (χ1v) is 7.00. The van der Waals surface area contributed by atoms with E-state index in [4.69, 9.17) is 4.74 Å². The summed E-state index contributed by atoms with van der Waals surface area (Å²) in [6.45, 7) is 3.43. The van der Waals surface area contributed by atoms with Gasteiger partial charge in [-0.3, -0.25) is 4.79 Å². The van der Waals surface area contributed by atoms with Gasteiger partial charge < -0.3 is 10.1 Å². The maximum absolute atomic E-state index is 13.7. The number of halogens is 2. The molecule has 1 N–H and O–H groups in total. The number of ether oxygens (including phenoxy) is 1. The Hall–Kier alpha value is -2.50. The average molecular weight is 321 g/mol. The van der Waals surface area contributed by atoms with Crippen LogP contribution in [-0.2, 0) is 9.53 Å². The van der Waals surface area contributed by atoms with Gasteiger partial charge in [-0.05, 0) is 32.1 Å². The number of hydrogen-bond acceptors (Lipinski definition) is 3. The number of nitrogens with one attached hydrogen (secondary N) is 1. The maximum Gasteiger partial charge on any atom is 0.333 e. The highest BCUT2D eigenvalue weighted by atomic mass is 19.1. The highest BCUT2D eigenvalue weighted by molar-refractivity contribution is 5.96. The van der Waals surface area contributed by atoms with Gasteiger partial charge in [0.25, 0.3) is 5.91 Å². The van der Waals surface area contributed by atoms with Gasteiger partial charge in [-0.1, -0.05) is 17.7 Å². The van der Waals surface area contributed by atoms with Gasteiger partial charge in [0.2, 0.25) is 0 Å². The molecule has 0 heterocycles. The summed E-state index contributed by atoms with van der Waals surface area (Å²) in [6.07, 6.45) is 3.66. The number of hydrogen-bond donors (Lipinski definition) is 1. The van der Waals surface area contributed by atoms with E-state index in [-0.39, 0.29) is 0 Å². The summed E-state index contributed by atoms with van der Waals surface area (Å²) in [4.78, 5) is 24.0. The van der Waals surface area contributed by atoms with Crippen LogP contribution in [-0.4, -0.2) is 24.5 Å². The number of amides is 1. The second-order valence-corrected chi connectivity index (χ2v) is 5.66. The minimum absolute atomic E-state index is 0.379. The average Bonchev–Trinajstić information content (AvgIpc) is 2.44. The molecule has 1 aromatic carbocycles. The Morgan fingerprint density at radius 3 is 2.39 bits per heavy atom. The smallest absolute Gasteiger partial charge is 0.333 e. The van der Waals surface area contributed by atoms with Crippen molar-refractivity contribution in [2.24, 2.45) is 0 Å². The second-order valence-electron chi connectivity index (χ2n) is 5.66. The third-order valence-electron chi connectivity index (χ3n) is 3.51. The van der Waals surface area contributed by atoms with Crippen LogP contribution in [0.3, 0.4) is 0 Å². The number of allylic oxidation sites excluding steroid dienone is 1. The van der Waals surface area contributed by atoms with Crippen molar-refractivity contribution >= 4 is 11.9 Å². The van der Waals surface area contributed by atoms with E-state index in [2.05, 4.69) is 5.32 Å². The number of benzene rings is 1. The van der Waals surface area contributed by atoms with Crippen molar-refractivity contribution < 1.29 is 23.1 Å². The monoisotopic (exact) mass is 321 g/mol. The molecule has 1 aliphatic carbocycles. The minimum atomic E-state index is -1.04. The highest BCUT2D eigenvalue weighted by Gasteiger charge is 2.30. The molecule has 0 saturated heterocycles. The molecule has 0 radical (unpaired) electrons. The van der Waals surface area contributed by atoms with Crippen LogP contribution in [0.2, 0.25) is 0 Å². The fraction of sp³-hybridized carbons (Fsp3) is 0.294. The third kappa shape index (κ3) is 3.64. The quantitative estimate of drug-likeness (QED) is 0.688. The first kappa shape index (κ1) is 16.9. The number of rotatable bonds is 3. The van der Waals surface area contributed by atoms with Crippen molar-refractivity contribution in [3.63, 3.8) is 0 Å². The van der Waals surface area contributed by atoms with E-state index in [1.54, 1.807) is 19.9 Å². The molecule has 1 unspecified atom stereocenters. The van der Waals surface area contributed by atoms with Gasteiger partial charge >= 0.3 is 5.97 Å². The Kier molecular flexibility index (Phi) is 4.63. The van der Waals surface area contributed by atoms with E-state index in [1.165, 1.54) is 19.3 Å². The molecule has 0 aromatic heterocycles. The van der Waals surface area contributed by atoms with Gasteiger partial charge in [0.05, 0.1) is 12.6 Å². The molecule has 1 atom stereocenters. The van der Waals surface area contributed by atoms with Crippen molar-refractivity contribution in [1.29, 1.82) is 0 Å². The fourth-order valence-electron chi connectivity index (χ4n) is 2.67. The maximum atomic E-state index is 13.7. The van der Waals surface area contributed by atoms with Gasteiger partial charge in [-0.2, -0.15) is 0 Å². The van der Waals surface area contributed by atoms with E-state index >= 15 is 0 Å². The number of esters is 1. The lowest BCUT2D eigenvalue weighted by molar-refractivity contribution is -0.136. The third-order valence-corrected chi connectivity index (χ3v) is 3.51. The van der Waals surface area contributed by atoms with E-state index in [0.717, 1.165) is 17.7 Å². The zero-order valence-corrected chi connectivity index (χ0v) is 13.1. The fourth-order valence-corrected chi connectivity index (χ4v) is 2.67. The van der Waals surface area contributed by atoms with Gasteiger partial charge in [-0.15, -0.1) is 0 Å². The minimum Gasteiger partial charge on any atom is -0.466 e. The molecule has 0 spiro atoms. The van der Waals surface area contributed by atoms with Crippen LogP contribution in [0.5, 0.6) is 0 Å². The molecule has 4 nitrogen and oxygen atoms in total. The Morgan fingerprint density at radius 2 is 1.83 bits per heavy atom. The van der Waals surface area contributed by atoms with Crippen LogP contribution in [0.1, 0.15) is 30.6 Å². The normalized spacial score (nSPS) is 20.4. The van der Waals surface area contributed by atoms with Crippen molar-refractivity contribution in [2.45, 2.75) is 25.8 Å². The largest absolute Gasteiger partial charge is 0.466 e. The predicted molar refractivity (Wildman–Crippen MR) is 80.7 cm³/mol. The first-order valence-electron chi connectivity index (χ1n) is 7.00. The van der Waals surface area contributed by atoms with E-state index in [1.807, 2.05) is 0 Å². The van der Waals surface area contributed by atoms with Crippen molar-refractivity contribution in [2.75, 3.05) is 7.11 Å². The summed E-state index contributed by atoms with van der Waals surface area (Å²) in [5, 5.41) is 2.55. The molecular formula is C17H17F2NO3. The van der Waals surface area contributed by atoms with Gasteiger partial charge in [-0.25, -0.2) is 13.6 Å². The lowest BCUT2D eigenvalue weighted by Crippen LogP contribution is -2.45. The number of methoxy groups -OCH3 is 1. The Balaban J connectivity index is 2.33. The van der Waals surface area contributed by atoms with Crippen molar-refractivity contribution in [1.82, 2.24) is 5.32 Å². The molecule has 0 saturated carbocycles. The zero-order valence-electron chi connectivity index (χ0n) is 13.1. The summed E-state index contributed by atoms with van der Waals surface area (Å²) >= 11 is 0. The molecule has 0 bridgehead atoms. The Morgan fingerprint density at radius 1 is 1.22 bits per heavy atom. The van der Waals surface area contributed by atoms with Gasteiger partial charge in [0.1, 0.15) is 17.2 Å². The van der Waals surface area contributed by atoms with Crippen LogP contribution < -0.4 is 5.32 Å². The van der Waals surface area contributed by atoms with Crippen LogP contribution in [0.4, 0.5) is 8.78 Å². The summed E-state index contributed by atoms with van der Waals surface area (Å²) in [7, 11) is 1.27. The number of carbonyl (C=O) groups excluding carboxylic acids is 2. The first-order chi connectivity index (χ1) is 10.8. The molecule has 122 valence electrons. The lowest BCUT2D eigenvalue weighted by Gasteiger charge is -2.29. The summed E-state index contributed by atoms with van der Waals surface area (Å²) in [5.41, 5.74) is -0.482. The second kappa shape index (κ2) is 6.32. The van der Waals surface area contributed by atoms with Gasteiger partial charge in [0.15, 0.2) is 0 Å². The zero-order chi connectivity index (χ0) is 17.2. The topological polar surface area (TPSA) is 55.4 Å². The van der Waals surface area contributed by atoms with Crippen molar-refractivity contribution in [3.05, 3.63) is 58.7 Å². The highest BCUT2D eigenvalue weighted by Crippen LogP contribution is 2.26.